The van der Waals surface area contributed by atoms with Crippen molar-refractivity contribution in [2.45, 2.75) is 26.4 Å². The minimum atomic E-state index is -1.02. The van der Waals surface area contributed by atoms with Crippen molar-refractivity contribution in [1.29, 1.82) is 0 Å². The fourth-order valence-corrected chi connectivity index (χ4v) is 2.25. The number of ether oxygens (including phenoxy) is 1. The van der Waals surface area contributed by atoms with E-state index < -0.39 is 5.97 Å². The van der Waals surface area contributed by atoms with E-state index in [1.165, 1.54) is 18.5 Å². The lowest BCUT2D eigenvalue weighted by molar-refractivity contribution is 0.0696. The zero-order valence-corrected chi connectivity index (χ0v) is 11.5. The summed E-state index contributed by atoms with van der Waals surface area (Å²) in [4.78, 5) is 19.1. The highest BCUT2D eigenvalue weighted by molar-refractivity contribution is 7.09. The third kappa shape index (κ3) is 3.51. The second-order valence-electron chi connectivity index (χ2n) is 4.33. The maximum absolute atomic E-state index is 10.8. The van der Waals surface area contributed by atoms with Gasteiger partial charge in [0.15, 0.2) is 0 Å². The fourth-order valence-electron chi connectivity index (χ4n) is 1.43. The van der Waals surface area contributed by atoms with Crippen molar-refractivity contribution in [2.24, 2.45) is 0 Å². The lowest BCUT2D eigenvalue weighted by Gasteiger charge is -2.04. The van der Waals surface area contributed by atoms with Gasteiger partial charge in [0, 0.05) is 17.5 Å². The Morgan fingerprint density at radius 1 is 1.47 bits per heavy atom. The summed E-state index contributed by atoms with van der Waals surface area (Å²) in [5.74, 6) is -0.191. The number of aromatic nitrogens is 2. The van der Waals surface area contributed by atoms with Gasteiger partial charge in [0.25, 0.3) is 0 Å². The van der Waals surface area contributed by atoms with Crippen molar-refractivity contribution in [2.75, 3.05) is 0 Å². The first kappa shape index (κ1) is 13.5. The van der Waals surface area contributed by atoms with Crippen LogP contribution in [0.5, 0.6) is 5.75 Å². The van der Waals surface area contributed by atoms with Crippen LogP contribution in [-0.2, 0) is 6.61 Å². The van der Waals surface area contributed by atoms with E-state index in [0.29, 0.717) is 18.3 Å². The first-order chi connectivity index (χ1) is 9.06. The summed E-state index contributed by atoms with van der Waals surface area (Å²) in [6.07, 6.45) is 2.77. The Morgan fingerprint density at radius 3 is 2.89 bits per heavy atom. The molecule has 0 radical (unpaired) electrons. The summed E-state index contributed by atoms with van der Waals surface area (Å²) in [6, 6.07) is 1.45. The van der Waals surface area contributed by atoms with Gasteiger partial charge in [-0.15, -0.1) is 11.3 Å². The normalized spacial score (nSPS) is 10.7. The van der Waals surface area contributed by atoms with E-state index in [-0.39, 0.29) is 5.56 Å². The first-order valence-corrected chi connectivity index (χ1v) is 6.69. The minimum absolute atomic E-state index is 0.110. The average molecular weight is 278 g/mol. The van der Waals surface area contributed by atoms with Crippen molar-refractivity contribution in [1.82, 2.24) is 9.97 Å². The van der Waals surface area contributed by atoms with Crippen LogP contribution >= 0.6 is 11.3 Å². The lowest BCUT2D eigenvalue weighted by atomic mass is 10.2. The number of carboxylic acid groups (broad SMARTS) is 1. The Hall–Kier alpha value is -1.95. The molecule has 0 aliphatic carbocycles. The molecule has 0 aromatic carbocycles. The molecule has 100 valence electrons. The SMILES string of the molecule is CC(C)c1nc(COc2cncc(C(=O)O)c2)cs1. The molecule has 6 heteroatoms. The highest BCUT2D eigenvalue weighted by Gasteiger charge is 2.08. The molecule has 0 saturated carbocycles. The van der Waals surface area contributed by atoms with Crippen LogP contribution in [0.2, 0.25) is 0 Å². The summed E-state index contributed by atoms with van der Waals surface area (Å²) in [6.45, 7) is 4.49. The molecule has 0 saturated heterocycles. The molecule has 0 bridgehead atoms. The molecule has 2 rings (SSSR count). The predicted octanol–water partition coefficient (Wildman–Crippen LogP) is 2.94. The second kappa shape index (κ2) is 5.79. The molecule has 1 N–H and O–H groups in total. The van der Waals surface area contributed by atoms with Crippen LogP contribution in [0, 0.1) is 0 Å². The first-order valence-electron chi connectivity index (χ1n) is 5.81. The van der Waals surface area contributed by atoms with Gasteiger partial charge >= 0.3 is 5.97 Å². The van der Waals surface area contributed by atoms with Crippen LogP contribution in [0.3, 0.4) is 0 Å². The number of aromatic carboxylic acids is 1. The molecule has 0 fully saturated rings. The molecule has 0 amide bonds. The van der Waals surface area contributed by atoms with Gasteiger partial charge in [0.1, 0.15) is 12.4 Å². The zero-order chi connectivity index (χ0) is 13.8. The quantitative estimate of drug-likeness (QED) is 0.910. The molecule has 0 spiro atoms. The van der Waals surface area contributed by atoms with E-state index in [1.54, 1.807) is 11.3 Å². The van der Waals surface area contributed by atoms with E-state index in [2.05, 4.69) is 23.8 Å². The summed E-state index contributed by atoms with van der Waals surface area (Å²) in [5.41, 5.74) is 0.952. The van der Waals surface area contributed by atoms with Crippen molar-refractivity contribution >= 4 is 17.3 Å². The molecule has 2 aromatic rings. The number of carboxylic acids is 1. The third-order valence-electron chi connectivity index (χ3n) is 2.41. The second-order valence-corrected chi connectivity index (χ2v) is 5.22. The summed E-state index contributed by atoms with van der Waals surface area (Å²) in [5, 5.41) is 11.9. The number of rotatable bonds is 5. The average Bonchev–Trinajstić information content (AvgIpc) is 2.85. The maximum atomic E-state index is 10.8. The van der Waals surface area contributed by atoms with Crippen molar-refractivity contribution in [3.05, 3.63) is 40.1 Å². The van der Waals surface area contributed by atoms with E-state index in [9.17, 15) is 4.79 Å². The number of thiazole rings is 1. The van der Waals surface area contributed by atoms with Crippen LogP contribution in [0.1, 0.15) is 40.8 Å². The van der Waals surface area contributed by atoms with Crippen LogP contribution in [0.15, 0.2) is 23.8 Å². The summed E-state index contributed by atoms with van der Waals surface area (Å²) < 4.78 is 5.49. The molecule has 2 heterocycles. The predicted molar refractivity (Wildman–Crippen MR) is 71.7 cm³/mol. The van der Waals surface area contributed by atoms with E-state index in [1.807, 2.05) is 5.38 Å². The highest BCUT2D eigenvalue weighted by atomic mass is 32.1. The molecule has 2 aromatic heterocycles. The van der Waals surface area contributed by atoms with Gasteiger partial charge in [-0.3, -0.25) is 4.98 Å². The number of hydrogen-bond donors (Lipinski definition) is 1. The number of carbonyl (C=O) groups is 1. The standard InChI is InChI=1S/C13H14N2O3S/c1-8(2)12-15-10(7-19-12)6-18-11-3-9(13(16)17)4-14-5-11/h3-5,7-8H,6H2,1-2H3,(H,16,17). The van der Waals surface area contributed by atoms with Gasteiger partial charge in [0.05, 0.1) is 22.5 Å². The molecule has 19 heavy (non-hydrogen) atoms. The van der Waals surface area contributed by atoms with Gasteiger partial charge in [-0.2, -0.15) is 0 Å². The number of nitrogens with zero attached hydrogens (tertiary/aromatic N) is 2. The molecule has 0 aliphatic heterocycles. The zero-order valence-electron chi connectivity index (χ0n) is 10.7. The van der Waals surface area contributed by atoms with Crippen LogP contribution in [-0.4, -0.2) is 21.0 Å². The summed E-state index contributed by atoms with van der Waals surface area (Å²) >= 11 is 1.60. The smallest absolute Gasteiger partial charge is 0.337 e. The molecular weight excluding hydrogens is 264 g/mol. The maximum Gasteiger partial charge on any atom is 0.337 e. The largest absolute Gasteiger partial charge is 0.486 e. The van der Waals surface area contributed by atoms with Crippen molar-refractivity contribution < 1.29 is 14.6 Å². The minimum Gasteiger partial charge on any atom is -0.486 e. The van der Waals surface area contributed by atoms with Gasteiger partial charge in [-0.1, -0.05) is 13.8 Å². The van der Waals surface area contributed by atoms with Gasteiger partial charge in [-0.25, -0.2) is 9.78 Å². The van der Waals surface area contributed by atoms with Crippen molar-refractivity contribution in [3.63, 3.8) is 0 Å². The number of pyridine rings is 1. The molecule has 0 aliphatic rings. The van der Waals surface area contributed by atoms with Gasteiger partial charge in [-0.05, 0) is 6.07 Å². The highest BCUT2D eigenvalue weighted by Crippen LogP contribution is 2.20. The van der Waals surface area contributed by atoms with Crippen LogP contribution in [0.25, 0.3) is 0 Å². The van der Waals surface area contributed by atoms with Crippen LogP contribution < -0.4 is 4.74 Å². The molecule has 0 unspecified atom stereocenters. The van der Waals surface area contributed by atoms with Gasteiger partial charge < -0.3 is 9.84 Å². The van der Waals surface area contributed by atoms with E-state index in [0.717, 1.165) is 10.7 Å². The lowest BCUT2D eigenvalue weighted by Crippen LogP contribution is -2.00. The molecule has 0 atom stereocenters. The monoisotopic (exact) mass is 278 g/mol. The van der Waals surface area contributed by atoms with E-state index >= 15 is 0 Å². The molecular formula is C13H14N2O3S. The fraction of sp³-hybridized carbons (Fsp3) is 0.308. The summed E-state index contributed by atoms with van der Waals surface area (Å²) in [7, 11) is 0. The van der Waals surface area contributed by atoms with E-state index in [4.69, 9.17) is 9.84 Å². The molecule has 5 nitrogen and oxygen atoms in total. The Kier molecular flexibility index (Phi) is 4.11. The third-order valence-corrected chi connectivity index (χ3v) is 3.60. The van der Waals surface area contributed by atoms with Crippen LogP contribution in [0.4, 0.5) is 0 Å². The Balaban J connectivity index is 2.01. The topological polar surface area (TPSA) is 72.3 Å². The Morgan fingerprint density at radius 2 is 2.26 bits per heavy atom. The number of hydrogen-bond acceptors (Lipinski definition) is 5. The Labute approximate surface area is 114 Å². The van der Waals surface area contributed by atoms with Crippen molar-refractivity contribution in [3.8, 4) is 5.75 Å². The van der Waals surface area contributed by atoms with Gasteiger partial charge in [0.2, 0.25) is 0 Å². The Bertz CT molecular complexity index is 581.